The standard InChI is InChI=1S/C33H44F2N2O3/c34-29-14-13-24(20-30(29)35)8-7-15-33(40)16-18-36(19-17-33)21-27-22-37(23-28(27)25-9-3-1-4-10-25)31(32(38)39)26-11-5-2-6-12-26/h1,3-4,9-10,13-14,20,26-28,31,40H,2,5-8,11-12,15-19,21-23H2,(H,38,39). The number of nitrogens with zero attached hydrogens (tertiary/aromatic N) is 2. The predicted molar refractivity (Wildman–Crippen MR) is 152 cm³/mol. The van der Waals surface area contributed by atoms with Gasteiger partial charge in [-0.1, -0.05) is 55.7 Å². The SMILES string of the molecule is O=C(O)C(C1CCCCC1)N1CC(CN2CCC(O)(CCCc3ccc(F)c(F)c3)CC2)C(c2ccccc2)C1. The Balaban J connectivity index is 1.18. The Morgan fingerprint density at radius 3 is 2.38 bits per heavy atom. The zero-order valence-electron chi connectivity index (χ0n) is 23.5. The molecule has 5 rings (SSSR count). The Morgan fingerprint density at radius 1 is 0.975 bits per heavy atom. The maximum atomic E-state index is 13.5. The number of carbonyl (C=O) groups is 1. The number of rotatable bonds is 10. The van der Waals surface area contributed by atoms with Gasteiger partial charge in [0.15, 0.2) is 11.6 Å². The van der Waals surface area contributed by atoms with Gasteiger partial charge in [0.2, 0.25) is 0 Å². The van der Waals surface area contributed by atoms with Crippen molar-refractivity contribution in [3.05, 3.63) is 71.3 Å². The van der Waals surface area contributed by atoms with Crippen molar-refractivity contribution in [1.29, 1.82) is 0 Å². The molecule has 2 N–H and O–H groups in total. The molecule has 2 aliphatic heterocycles. The van der Waals surface area contributed by atoms with Crippen LogP contribution in [0.25, 0.3) is 0 Å². The Kier molecular flexibility index (Phi) is 9.54. The number of halogens is 2. The van der Waals surface area contributed by atoms with Crippen molar-refractivity contribution in [2.75, 3.05) is 32.7 Å². The molecule has 0 aromatic heterocycles. The van der Waals surface area contributed by atoms with Gasteiger partial charge in [-0.3, -0.25) is 9.69 Å². The van der Waals surface area contributed by atoms with E-state index in [1.165, 1.54) is 24.1 Å². The topological polar surface area (TPSA) is 64.0 Å². The fourth-order valence-corrected chi connectivity index (χ4v) is 7.55. The van der Waals surface area contributed by atoms with Crippen LogP contribution in [0.2, 0.25) is 0 Å². The molecule has 0 amide bonds. The van der Waals surface area contributed by atoms with Crippen LogP contribution >= 0.6 is 0 Å². The summed E-state index contributed by atoms with van der Waals surface area (Å²) in [4.78, 5) is 17.2. The average molecular weight is 555 g/mol. The second-order valence-electron chi connectivity index (χ2n) is 12.5. The van der Waals surface area contributed by atoms with Gasteiger partial charge in [-0.05, 0) is 80.0 Å². The van der Waals surface area contributed by atoms with E-state index in [0.717, 1.165) is 70.4 Å². The highest BCUT2D eigenvalue weighted by atomic mass is 19.2. The molecule has 218 valence electrons. The maximum Gasteiger partial charge on any atom is 0.321 e. The summed E-state index contributed by atoms with van der Waals surface area (Å²) >= 11 is 0. The van der Waals surface area contributed by atoms with Crippen molar-refractivity contribution in [3.8, 4) is 0 Å². The minimum Gasteiger partial charge on any atom is -0.480 e. The fourth-order valence-electron chi connectivity index (χ4n) is 7.55. The Morgan fingerprint density at radius 2 is 1.70 bits per heavy atom. The number of aliphatic hydroxyl groups is 1. The molecule has 40 heavy (non-hydrogen) atoms. The minimum atomic E-state index is -0.831. The van der Waals surface area contributed by atoms with Gasteiger partial charge >= 0.3 is 5.97 Å². The molecular weight excluding hydrogens is 510 g/mol. The van der Waals surface area contributed by atoms with E-state index in [1.807, 2.05) is 6.07 Å². The average Bonchev–Trinajstić information content (AvgIpc) is 3.36. The van der Waals surface area contributed by atoms with Crippen molar-refractivity contribution in [2.45, 2.75) is 81.8 Å². The number of piperidine rings is 1. The van der Waals surface area contributed by atoms with Gasteiger partial charge in [0.25, 0.3) is 0 Å². The van der Waals surface area contributed by atoms with Crippen LogP contribution < -0.4 is 0 Å². The summed E-state index contributed by atoms with van der Waals surface area (Å²) in [7, 11) is 0. The number of likely N-dealkylation sites (tertiary alicyclic amines) is 2. The third-order valence-corrected chi connectivity index (χ3v) is 9.81. The molecule has 0 spiro atoms. The van der Waals surface area contributed by atoms with Gasteiger partial charge in [-0.25, -0.2) is 8.78 Å². The Hall–Kier alpha value is -2.35. The summed E-state index contributed by atoms with van der Waals surface area (Å²) in [5.74, 6) is -1.46. The third kappa shape index (κ3) is 7.10. The largest absolute Gasteiger partial charge is 0.480 e. The number of carboxylic acid groups (broad SMARTS) is 1. The number of aliphatic carboxylic acids is 1. The number of aryl methyl sites for hydroxylation is 1. The lowest BCUT2D eigenvalue weighted by molar-refractivity contribution is -0.145. The lowest BCUT2D eigenvalue weighted by atomic mass is 9.83. The highest BCUT2D eigenvalue weighted by Gasteiger charge is 2.43. The van der Waals surface area contributed by atoms with E-state index in [1.54, 1.807) is 6.07 Å². The summed E-state index contributed by atoms with van der Waals surface area (Å²) in [6, 6.07) is 14.2. The molecule has 2 heterocycles. The molecule has 5 nitrogen and oxygen atoms in total. The lowest BCUT2D eigenvalue weighted by Crippen LogP contribution is -2.47. The van der Waals surface area contributed by atoms with Crippen LogP contribution in [0.5, 0.6) is 0 Å². The van der Waals surface area contributed by atoms with Crippen molar-refractivity contribution < 1.29 is 23.8 Å². The van der Waals surface area contributed by atoms with Gasteiger partial charge in [-0.2, -0.15) is 0 Å². The second kappa shape index (κ2) is 13.1. The van der Waals surface area contributed by atoms with Crippen molar-refractivity contribution >= 4 is 5.97 Å². The van der Waals surface area contributed by atoms with Crippen LogP contribution in [0, 0.1) is 23.5 Å². The smallest absolute Gasteiger partial charge is 0.321 e. The van der Waals surface area contributed by atoms with E-state index < -0.39 is 29.2 Å². The summed E-state index contributed by atoms with van der Waals surface area (Å²) < 4.78 is 26.7. The first-order valence-corrected chi connectivity index (χ1v) is 15.2. The molecule has 1 saturated carbocycles. The van der Waals surface area contributed by atoms with Crippen LogP contribution in [0.1, 0.15) is 74.8 Å². The molecule has 3 fully saturated rings. The monoisotopic (exact) mass is 554 g/mol. The van der Waals surface area contributed by atoms with Crippen molar-refractivity contribution in [3.63, 3.8) is 0 Å². The molecule has 0 bridgehead atoms. The van der Waals surface area contributed by atoms with Crippen molar-refractivity contribution in [1.82, 2.24) is 9.80 Å². The van der Waals surface area contributed by atoms with Crippen molar-refractivity contribution in [2.24, 2.45) is 11.8 Å². The van der Waals surface area contributed by atoms with Gasteiger partial charge < -0.3 is 15.1 Å². The zero-order chi connectivity index (χ0) is 28.1. The summed E-state index contributed by atoms with van der Waals surface area (Å²) in [6.07, 6.45) is 8.86. The molecule has 3 atom stereocenters. The van der Waals surface area contributed by atoms with E-state index in [0.29, 0.717) is 37.5 Å². The van der Waals surface area contributed by atoms with E-state index in [-0.39, 0.29) is 5.92 Å². The Labute approximate surface area is 237 Å². The van der Waals surface area contributed by atoms with E-state index >= 15 is 0 Å². The van der Waals surface area contributed by atoms with Crippen LogP contribution in [0.4, 0.5) is 8.78 Å². The normalized spacial score (nSPS) is 25.2. The second-order valence-corrected chi connectivity index (χ2v) is 12.5. The minimum absolute atomic E-state index is 0.234. The van der Waals surface area contributed by atoms with Gasteiger partial charge in [0.05, 0.1) is 5.60 Å². The number of hydrogen-bond donors (Lipinski definition) is 2. The predicted octanol–water partition coefficient (Wildman–Crippen LogP) is 5.86. The number of carboxylic acids is 1. The van der Waals surface area contributed by atoms with Crippen LogP contribution in [0.15, 0.2) is 48.5 Å². The first kappa shape index (κ1) is 29.2. The molecular formula is C33H44F2N2O3. The molecule has 2 saturated heterocycles. The summed E-state index contributed by atoms with van der Waals surface area (Å²) in [5, 5.41) is 21.5. The fraction of sp³-hybridized carbons (Fsp3) is 0.606. The molecule has 2 aromatic rings. The van der Waals surface area contributed by atoms with E-state index in [4.69, 9.17) is 0 Å². The molecule has 0 radical (unpaired) electrons. The third-order valence-electron chi connectivity index (χ3n) is 9.81. The van der Waals surface area contributed by atoms with Crippen LogP contribution in [-0.2, 0) is 11.2 Å². The van der Waals surface area contributed by atoms with Crippen LogP contribution in [-0.4, -0.2) is 70.3 Å². The highest BCUT2D eigenvalue weighted by Crippen LogP contribution is 2.39. The number of benzene rings is 2. The maximum absolute atomic E-state index is 13.5. The van der Waals surface area contributed by atoms with Gasteiger partial charge in [-0.15, -0.1) is 0 Å². The molecule has 1 aliphatic carbocycles. The summed E-state index contributed by atoms with van der Waals surface area (Å²) in [6.45, 7) is 4.10. The molecule has 2 aromatic carbocycles. The first-order valence-electron chi connectivity index (χ1n) is 15.2. The zero-order valence-corrected chi connectivity index (χ0v) is 23.5. The number of hydrogen-bond acceptors (Lipinski definition) is 4. The quantitative estimate of drug-likeness (QED) is 0.385. The first-order chi connectivity index (χ1) is 19.3. The molecule has 3 aliphatic rings. The van der Waals surface area contributed by atoms with Gasteiger partial charge in [0.1, 0.15) is 6.04 Å². The molecule has 7 heteroatoms. The lowest BCUT2D eigenvalue weighted by Gasteiger charge is -2.40. The van der Waals surface area contributed by atoms with E-state index in [2.05, 4.69) is 34.1 Å². The molecule has 3 unspecified atom stereocenters. The van der Waals surface area contributed by atoms with E-state index in [9.17, 15) is 23.8 Å². The van der Waals surface area contributed by atoms with Crippen LogP contribution in [0.3, 0.4) is 0 Å². The Bertz CT molecular complexity index is 1120. The highest BCUT2D eigenvalue weighted by molar-refractivity contribution is 5.74. The summed E-state index contributed by atoms with van der Waals surface area (Å²) in [5.41, 5.74) is 1.31. The van der Waals surface area contributed by atoms with Gasteiger partial charge in [0, 0.05) is 38.6 Å².